The summed E-state index contributed by atoms with van der Waals surface area (Å²) in [5.74, 6) is 0. The molecular formula is C18H24N4O2. The maximum Gasteiger partial charge on any atom is 0.428 e. The number of para-hydroxylation sites is 1. The summed E-state index contributed by atoms with van der Waals surface area (Å²) in [5.41, 5.74) is 6.26. The average molecular weight is 328 g/mol. The van der Waals surface area contributed by atoms with Gasteiger partial charge in [-0.15, -0.1) is 0 Å². The van der Waals surface area contributed by atoms with Gasteiger partial charge in [-0.2, -0.15) is 10.2 Å². The number of nitrogens with zero attached hydrogens (tertiary/aromatic N) is 3. The molecule has 0 aliphatic carbocycles. The number of nitrogens with one attached hydrogen (secondary N) is 1. The van der Waals surface area contributed by atoms with Crippen LogP contribution in [0.1, 0.15) is 44.6 Å². The first-order chi connectivity index (χ1) is 11.2. The third kappa shape index (κ3) is 4.22. The first-order valence-corrected chi connectivity index (χ1v) is 7.84. The van der Waals surface area contributed by atoms with Crippen molar-refractivity contribution in [1.29, 1.82) is 0 Å². The maximum absolute atomic E-state index is 11.7. The molecule has 1 heterocycles. The van der Waals surface area contributed by atoms with Crippen LogP contribution in [0, 0.1) is 13.8 Å². The van der Waals surface area contributed by atoms with Gasteiger partial charge in [0.2, 0.25) is 0 Å². The molecule has 1 amide bonds. The largest absolute Gasteiger partial charge is 0.443 e. The fourth-order valence-corrected chi connectivity index (χ4v) is 2.47. The number of rotatable bonds is 3. The molecule has 1 aromatic heterocycles. The molecule has 0 spiro atoms. The van der Waals surface area contributed by atoms with Gasteiger partial charge in [0.25, 0.3) is 0 Å². The number of amides is 1. The van der Waals surface area contributed by atoms with Crippen LogP contribution < -0.4 is 5.43 Å². The standard InChI is InChI=1S/C18H24N4O2/c1-12(19-20-17(23)24-18(4,5)6)16-13(2)21-22(14(16)3)15-10-8-7-9-11-15/h7-11H,1-6H3,(H,20,23). The highest BCUT2D eigenvalue weighted by Gasteiger charge is 2.17. The monoisotopic (exact) mass is 328 g/mol. The molecule has 6 heteroatoms. The summed E-state index contributed by atoms with van der Waals surface area (Å²) in [6.07, 6.45) is -0.576. The fraction of sp³-hybridized carbons (Fsp3) is 0.389. The van der Waals surface area contributed by atoms with Crippen molar-refractivity contribution in [3.05, 3.63) is 47.3 Å². The van der Waals surface area contributed by atoms with Gasteiger partial charge in [0.05, 0.1) is 22.8 Å². The maximum atomic E-state index is 11.7. The number of ether oxygens (including phenoxy) is 1. The minimum atomic E-state index is -0.576. The fourth-order valence-electron chi connectivity index (χ4n) is 2.47. The summed E-state index contributed by atoms with van der Waals surface area (Å²) in [6, 6.07) is 9.89. The molecule has 0 atom stereocenters. The van der Waals surface area contributed by atoms with Gasteiger partial charge in [-0.05, 0) is 53.7 Å². The van der Waals surface area contributed by atoms with Crippen molar-refractivity contribution in [2.45, 2.75) is 47.1 Å². The van der Waals surface area contributed by atoms with E-state index in [1.165, 1.54) is 0 Å². The Balaban J connectivity index is 2.24. The van der Waals surface area contributed by atoms with E-state index < -0.39 is 11.7 Å². The Kier molecular flexibility index (Phi) is 5.07. The third-order valence-corrected chi connectivity index (χ3v) is 3.37. The van der Waals surface area contributed by atoms with E-state index in [-0.39, 0.29) is 0 Å². The lowest BCUT2D eigenvalue weighted by Crippen LogP contribution is -2.30. The van der Waals surface area contributed by atoms with Crippen LogP contribution in [0.5, 0.6) is 0 Å². The van der Waals surface area contributed by atoms with E-state index >= 15 is 0 Å². The van der Waals surface area contributed by atoms with Gasteiger partial charge < -0.3 is 4.74 Å². The van der Waals surface area contributed by atoms with Crippen molar-refractivity contribution in [2.24, 2.45) is 5.10 Å². The number of aryl methyl sites for hydroxylation is 1. The van der Waals surface area contributed by atoms with Crippen LogP contribution in [0.2, 0.25) is 0 Å². The van der Waals surface area contributed by atoms with Crippen molar-refractivity contribution in [3.63, 3.8) is 0 Å². The lowest BCUT2D eigenvalue weighted by atomic mass is 10.1. The van der Waals surface area contributed by atoms with E-state index in [0.29, 0.717) is 5.71 Å². The number of aromatic nitrogens is 2. The van der Waals surface area contributed by atoms with Crippen LogP contribution in [0.4, 0.5) is 4.79 Å². The van der Waals surface area contributed by atoms with Crippen molar-refractivity contribution in [2.75, 3.05) is 0 Å². The van der Waals surface area contributed by atoms with Crippen molar-refractivity contribution < 1.29 is 9.53 Å². The molecule has 0 saturated heterocycles. The Labute approximate surface area is 142 Å². The highest BCUT2D eigenvalue weighted by molar-refractivity contribution is 6.01. The normalized spacial score (nSPS) is 12.2. The predicted molar refractivity (Wildman–Crippen MR) is 94.6 cm³/mol. The molecular weight excluding hydrogens is 304 g/mol. The Hall–Kier alpha value is -2.63. The molecule has 0 saturated carbocycles. The molecule has 0 bridgehead atoms. The van der Waals surface area contributed by atoms with E-state index in [4.69, 9.17) is 4.74 Å². The van der Waals surface area contributed by atoms with Gasteiger partial charge in [-0.25, -0.2) is 14.9 Å². The zero-order valence-electron chi connectivity index (χ0n) is 15.0. The minimum Gasteiger partial charge on any atom is -0.443 e. The van der Waals surface area contributed by atoms with E-state index in [2.05, 4.69) is 15.6 Å². The number of carbonyl (C=O) groups excluding carboxylic acids is 1. The van der Waals surface area contributed by atoms with Crippen LogP contribution >= 0.6 is 0 Å². The molecule has 2 rings (SSSR count). The average Bonchev–Trinajstić information content (AvgIpc) is 2.79. The number of benzene rings is 1. The molecule has 1 N–H and O–H groups in total. The zero-order chi connectivity index (χ0) is 17.9. The number of carbonyl (C=O) groups is 1. The van der Waals surface area contributed by atoms with Gasteiger partial charge in [0, 0.05) is 5.56 Å². The Morgan fingerprint density at radius 1 is 1.21 bits per heavy atom. The van der Waals surface area contributed by atoms with E-state index in [9.17, 15) is 4.79 Å². The quantitative estimate of drug-likeness (QED) is 0.689. The summed E-state index contributed by atoms with van der Waals surface area (Å²) < 4.78 is 7.05. The van der Waals surface area contributed by atoms with E-state index in [1.807, 2.05) is 55.8 Å². The molecule has 0 radical (unpaired) electrons. The van der Waals surface area contributed by atoms with Crippen molar-refractivity contribution in [3.8, 4) is 5.69 Å². The van der Waals surface area contributed by atoms with E-state index in [0.717, 1.165) is 22.6 Å². The zero-order valence-corrected chi connectivity index (χ0v) is 15.0. The highest BCUT2D eigenvalue weighted by Crippen LogP contribution is 2.18. The second-order valence-electron chi connectivity index (χ2n) is 6.60. The Morgan fingerprint density at radius 3 is 2.42 bits per heavy atom. The molecule has 2 aromatic rings. The topological polar surface area (TPSA) is 68.5 Å². The minimum absolute atomic E-state index is 0.558. The van der Waals surface area contributed by atoms with E-state index in [1.54, 1.807) is 20.8 Å². The first kappa shape index (κ1) is 17.7. The summed E-state index contributed by atoms with van der Waals surface area (Å²) in [4.78, 5) is 11.7. The number of hydrazone groups is 1. The van der Waals surface area contributed by atoms with Crippen molar-refractivity contribution >= 4 is 11.8 Å². The summed E-state index contributed by atoms with van der Waals surface area (Å²) in [7, 11) is 0. The Bertz CT molecular complexity index is 755. The first-order valence-electron chi connectivity index (χ1n) is 7.84. The molecule has 24 heavy (non-hydrogen) atoms. The predicted octanol–water partition coefficient (Wildman–Crippen LogP) is 3.74. The molecule has 0 fully saturated rings. The van der Waals surface area contributed by atoms with Crippen LogP contribution in [0.3, 0.4) is 0 Å². The number of hydrogen-bond acceptors (Lipinski definition) is 4. The SMILES string of the molecule is CC(=NNC(=O)OC(C)(C)C)c1c(C)nn(-c2ccccc2)c1C. The van der Waals surface area contributed by atoms with Crippen LogP contribution in [-0.2, 0) is 4.74 Å². The van der Waals surface area contributed by atoms with Crippen LogP contribution in [-0.4, -0.2) is 27.2 Å². The molecule has 128 valence electrons. The molecule has 0 unspecified atom stereocenters. The smallest absolute Gasteiger partial charge is 0.428 e. The van der Waals surface area contributed by atoms with Gasteiger partial charge in [0.15, 0.2) is 0 Å². The van der Waals surface area contributed by atoms with Crippen molar-refractivity contribution in [1.82, 2.24) is 15.2 Å². The molecule has 0 aliphatic rings. The van der Waals surface area contributed by atoms with Crippen LogP contribution in [0.25, 0.3) is 5.69 Å². The number of hydrogen-bond donors (Lipinski definition) is 1. The highest BCUT2D eigenvalue weighted by atomic mass is 16.6. The van der Waals surface area contributed by atoms with Gasteiger partial charge in [0.1, 0.15) is 5.60 Å². The van der Waals surface area contributed by atoms with Gasteiger partial charge in [-0.3, -0.25) is 0 Å². The summed E-state index contributed by atoms with van der Waals surface area (Å²) in [6.45, 7) is 11.2. The second-order valence-corrected chi connectivity index (χ2v) is 6.60. The summed E-state index contributed by atoms with van der Waals surface area (Å²) in [5, 5.41) is 8.73. The Morgan fingerprint density at radius 2 is 1.83 bits per heavy atom. The lowest BCUT2D eigenvalue weighted by molar-refractivity contribution is 0.0529. The molecule has 1 aromatic carbocycles. The van der Waals surface area contributed by atoms with Gasteiger partial charge in [-0.1, -0.05) is 18.2 Å². The molecule has 0 aliphatic heterocycles. The van der Waals surface area contributed by atoms with Crippen LogP contribution in [0.15, 0.2) is 35.4 Å². The lowest BCUT2D eigenvalue weighted by Gasteiger charge is -2.18. The summed E-state index contributed by atoms with van der Waals surface area (Å²) >= 11 is 0. The molecule has 6 nitrogen and oxygen atoms in total. The third-order valence-electron chi connectivity index (χ3n) is 3.37. The van der Waals surface area contributed by atoms with Gasteiger partial charge >= 0.3 is 6.09 Å². The second kappa shape index (κ2) is 6.86.